The molecule has 0 fully saturated rings. The zero-order valence-corrected chi connectivity index (χ0v) is 12.1. The van der Waals surface area contributed by atoms with E-state index < -0.39 is 0 Å². The molecule has 3 rings (SSSR count). The van der Waals surface area contributed by atoms with Gasteiger partial charge < -0.3 is 5.11 Å². The van der Waals surface area contributed by atoms with E-state index in [2.05, 4.69) is 4.98 Å². The van der Waals surface area contributed by atoms with Gasteiger partial charge in [-0.25, -0.2) is 0 Å². The molecule has 0 saturated heterocycles. The second-order valence-electron chi connectivity index (χ2n) is 4.94. The maximum atomic E-state index is 10.4. The number of fused-ring (bicyclic) bond motifs is 1. The largest absolute Gasteiger partial charge is 0.507 e. The van der Waals surface area contributed by atoms with Gasteiger partial charge in [0, 0.05) is 21.7 Å². The van der Waals surface area contributed by atoms with Crippen molar-refractivity contribution in [1.82, 2.24) is 4.98 Å². The SMILES string of the molecule is Cc1ccc2c(-c3ccc(Cl)cc3)c(O)c(C)cc2n1. The fourth-order valence-electron chi connectivity index (χ4n) is 2.41. The molecule has 1 aromatic heterocycles. The summed E-state index contributed by atoms with van der Waals surface area (Å²) in [5.74, 6) is 0.297. The predicted octanol–water partition coefficient (Wildman–Crippen LogP) is 4.88. The van der Waals surface area contributed by atoms with Crippen molar-refractivity contribution in [1.29, 1.82) is 0 Å². The van der Waals surface area contributed by atoms with Crippen LogP contribution in [0.1, 0.15) is 11.3 Å². The van der Waals surface area contributed by atoms with Crippen molar-refractivity contribution in [3.63, 3.8) is 0 Å². The number of rotatable bonds is 1. The Morgan fingerprint density at radius 1 is 1.00 bits per heavy atom. The number of aromatic hydroxyl groups is 1. The Balaban J connectivity index is 2.38. The molecule has 3 aromatic rings. The number of nitrogens with zero attached hydrogens (tertiary/aromatic N) is 1. The van der Waals surface area contributed by atoms with Crippen molar-refractivity contribution in [2.45, 2.75) is 13.8 Å². The number of aryl methyl sites for hydroxylation is 2. The molecule has 0 aliphatic carbocycles. The number of benzene rings is 2. The van der Waals surface area contributed by atoms with Crippen LogP contribution >= 0.6 is 11.6 Å². The van der Waals surface area contributed by atoms with E-state index in [4.69, 9.17) is 11.6 Å². The fourth-order valence-corrected chi connectivity index (χ4v) is 2.53. The van der Waals surface area contributed by atoms with E-state index >= 15 is 0 Å². The van der Waals surface area contributed by atoms with Crippen LogP contribution in [0, 0.1) is 13.8 Å². The lowest BCUT2D eigenvalue weighted by Crippen LogP contribution is -1.90. The van der Waals surface area contributed by atoms with Gasteiger partial charge in [-0.1, -0.05) is 29.8 Å². The maximum Gasteiger partial charge on any atom is 0.127 e. The molecule has 20 heavy (non-hydrogen) atoms. The Morgan fingerprint density at radius 3 is 2.40 bits per heavy atom. The van der Waals surface area contributed by atoms with Crippen molar-refractivity contribution >= 4 is 22.5 Å². The van der Waals surface area contributed by atoms with E-state index in [1.54, 1.807) is 0 Å². The van der Waals surface area contributed by atoms with Gasteiger partial charge in [-0.2, -0.15) is 0 Å². The van der Waals surface area contributed by atoms with Gasteiger partial charge >= 0.3 is 0 Å². The van der Waals surface area contributed by atoms with Crippen LogP contribution in [0.2, 0.25) is 5.02 Å². The summed E-state index contributed by atoms with van der Waals surface area (Å²) in [5.41, 5.74) is 4.42. The second-order valence-corrected chi connectivity index (χ2v) is 5.38. The molecule has 0 saturated carbocycles. The minimum Gasteiger partial charge on any atom is -0.507 e. The third kappa shape index (κ3) is 2.12. The lowest BCUT2D eigenvalue weighted by Gasteiger charge is -2.12. The van der Waals surface area contributed by atoms with Gasteiger partial charge in [0.1, 0.15) is 5.75 Å². The molecule has 0 aliphatic heterocycles. The van der Waals surface area contributed by atoms with Crippen LogP contribution in [-0.2, 0) is 0 Å². The quantitative estimate of drug-likeness (QED) is 0.690. The normalized spacial score (nSPS) is 10.9. The molecule has 1 N–H and O–H groups in total. The van der Waals surface area contributed by atoms with Crippen molar-refractivity contribution in [3.05, 3.63) is 58.7 Å². The summed E-state index contributed by atoms with van der Waals surface area (Å²) in [6, 6.07) is 13.3. The van der Waals surface area contributed by atoms with Crippen LogP contribution in [0.3, 0.4) is 0 Å². The minimum absolute atomic E-state index is 0.297. The first-order chi connectivity index (χ1) is 9.56. The Kier molecular flexibility index (Phi) is 3.11. The summed E-state index contributed by atoms with van der Waals surface area (Å²) in [5, 5.41) is 12.1. The molecular weight excluding hydrogens is 270 g/mol. The smallest absolute Gasteiger partial charge is 0.127 e. The van der Waals surface area contributed by atoms with Gasteiger partial charge in [-0.15, -0.1) is 0 Å². The van der Waals surface area contributed by atoms with E-state index in [0.717, 1.165) is 33.3 Å². The van der Waals surface area contributed by atoms with Gasteiger partial charge in [0.05, 0.1) is 5.52 Å². The number of phenols is 1. The van der Waals surface area contributed by atoms with Crippen molar-refractivity contribution in [2.24, 2.45) is 0 Å². The summed E-state index contributed by atoms with van der Waals surface area (Å²) in [6.45, 7) is 3.85. The average Bonchev–Trinajstić information content (AvgIpc) is 2.42. The number of phenolic OH excluding ortho intramolecular Hbond substituents is 1. The second kappa shape index (κ2) is 4.80. The van der Waals surface area contributed by atoms with Gasteiger partial charge in [0.25, 0.3) is 0 Å². The highest BCUT2D eigenvalue weighted by Crippen LogP contribution is 2.38. The van der Waals surface area contributed by atoms with Gasteiger partial charge in [0.2, 0.25) is 0 Å². The van der Waals surface area contributed by atoms with Gasteiger partial charge in [-0.05, 0) is 49.2 Å². The lowest BCUT2D eigenvalue weighted by molar-refractivity contribution is 0.474. The first kappa shape index (κ1) is 12.9. The topological polar surface area (TPSA) is 33.1 Å². The van der Waals surface area contributed by atoms with Crippen LogP contribution in [0.4, 0.5) is 0 Å². The predicted molar refractivity (Wildman–Crippen MR) is 83.3 cm³/mol. The Hall–Kier alpha value is -2.06. The molecule has 0 unspecified atom stereocenters. The maximum absolute atomic E-state index is 10.4. The number of hydrogen-bond acceptors (Lipinski definition) is 2. The van der Waals surface area contributed by atoms with Crippen LogP contribution in [0.15, 0.2) is 42.5 Å². The van der Waals surface area contributed by atoms with Crippen molar-refractivity contribution in [2.75, 3.05) is 0 Å². The van der Waals surface area contributed by atoms with E-state index in [-0.39, 0.29) is 0 Å². The van der Waals surface area contributed by atoms with Gasteiger partial charge in [0.15, 0.2) is 0 Å². The molecule has 2 nitrogen and oxygen atoms in total. The standard InChI is InChI=1S/C17H14ClNO/c1-10-9-15-14(8-3-11(2)19-15)16(17(10)20)12-4-6-13(18)7-5-12/h3-9,20H,1-2H3. The first-order valence-corrected chi connectivity index (χ1v) is 6.80. The highest BCUT2D eigenvalue weighted by Gasteiger charge is 2.13. The summed E-state index contributed by atoms with van der Waals surface area (Å²) >= 11 is 5.93. The summed E-state index contributed by atoms with van der Waals surface area (Å²) in [6.07, 6.45) is 0. The summed E-state index contributed by atoms with van der Waals surface area (Å²) in [7, 11) is 0. The molecule has 0 atom stereocenters. The molecule has 0 aliphatic rings. The highest BCUT2D eigenvalue weighted by molar-refractivity contribution is 6.30. The molecule has 100 valence electrons. The zero-order valence-electron chi connectivity index (χ0n) is 11.3. The number of pyridine rings is 1. The van der Waals surface area contributed by atoms with Crippen LogP contribution in [-0.4, -0.2) is 10.1 Å². The molecule has 0 amide bonds. The van der Waals surface area contributed by atoms with Crippen molar-refractivity contribution < 1.29 is 5.11 Å². The molecule has 3 heteroatoms. The van der Waals surface area contributed by atoms with Crippen molar-refractivity contribution in [3.8, 4) is 16.9 Å². The van der Waals surface area contributed by atoms with Crippen LogP contribution in [0.25, 0.3) is 22.0 Å². The minimum atomic E-state index is 0.297. The molecular formula is C17H14ClNO. The third-order valence-corrected chi connectivity index (χ3v) is 3.68. The molecule has 0 bridgehead atoms. The molecule has 2 aromatic carbocycles. The zero-order chi connectivity index (χ0) is 14.3. The van der Waals surface area contributed by atoms with Gasteiger partial charge in [-0.3, -0.25) is 4.98 Å². The number of halogens is 1. The highest BCUT2D eigenvalue weighted by atomic mass is 35.5. The van der Waals surface area contributed by atoms with Crippen LogP contribution < -0.4 is 0 Å². The Labute approximate surface area is 122 Å². The van der Waals surface area contributed by atoms with E-state index in [1.807, 2.05) is 56.3 Å². The first-order valence-electron chi connectivity index (χ1n) is 6.42. The van der Waals surface area contributed by atoms with E-state index in [0.29, 0.717) is 10.8 Å². The lowest BCUT2D eigenvalue weighted by atomic mass is 9.96. The molecule has 0 radical (unpaired) electrons. The Morgan fingerprint density at radius 2 is 1.70 bits per heavy atom. The third-order valence-electron chi connectivity index (χ3n) is 3.43. The number of aromatic nitrogens is 1. The van der Waals surface area contributed by atoms with E-state index in [1.165, 1.54) is 0 Å². The van der Waals surface area contributed by atoms with E-state index in [9.17, 15) is 5.11 Å². The monoisotopic (exact) mass is 283 g/mol. The number of hydrogen-bond donors (Lipinski definition) is 1. The molecule has 0 spiro atoms. The molecule has 1 heterocycles. The Bertz CT molecular complexity index is 794. The van der Waals surface area contributed by atoms with Crippen LogP contribution in [0.5, 0.6) is 5.75 Å². The summed E-state index contributed by atoms with van der Waals surface area (Å²) < 4.78 is 0. The average molecular weight is 284 g/mol. The summed E-state index contributed by atoms with van der Waals surface area (Å²) in [4.78, 5) is 4.54. The fraction of sp³-hybridized carbons (Fsp3) is 0.118.